The number of hydrogen-bond acceptors (Lipinski definition) is 3. The number of halogens is 1. The minimum absolute atomic E-state index is 0.266. The Hall–Kier alpha value is -0.940. The first-order chi connectivity index (χ1) is 8.08. The lowest BCUT2D eigenvalue weighted by Gasteiger charge is -2.10. The Bertz CT molecular complexity index is 487. The smallest absolute Gasteiger partial charge is 0.154 e. The van der Waals surface area contributed by atoms with E-state index in [4.69, 9.17) is 0 Å². The molecule has 1 N–H and O–H groups in total. The van der Waals surface area contributed by atoms with Crippen LogP contribution in [0.3, 0.4) is 0 Å². The third-order valence-corrected chi connectivity index (χ3v) is 5.33. The first kappa shape index (κ1) is 12.5. The molecule has 0 radical (unpaired) electrons. The van der Waals surface area contributed by atoms with Gasteiger partial charge in [-0.05, 0) is 30.5 Å². The minimum Gasteiger partial charge on any atom is -0.311 e. The van der Waals surface area contributed by atoms with Crippen LogP contribution in [0.1, 0.15) is 18.4 Å². The van der Waals surface area contributed by atoms with E-state index in [1.54, 1.807) is 6.07 Å². The van der Waals surface area contributed by atoms with Crippen LogP contribution in [0.2, 0.25) is 0 Å². The van der Waals surface area contributed by atoms with Crippen LogP contribution in [0.25, 0.3) is 0 Å². The van der Waals surface area contributed by atoms with Gasteiger partial charge in [0, 0.05) is 13.1 Å². The fourth-order valence-electron chi connectivity index (χ4n) is 2.11. The van der Waals surface area contributed by atoms with E-state index < -0.39 is 9.84 Å². The first-order valence-electron chi connectivity index (χ1n) is 5.75. The van der Waals surface area contributed by atoms with Gasteiger partial charge in [-0.25, -0.2) is 12.8 Å². The van der Waals surface area contributed by atoms with Crippen LogP contribution in [0.5, 0.6) is 0 Å². The summed E-state index contributed by atoms with van der Waals surface area (Å²) in [5, 5.41) is 2.81. The molecule has 3 nitrogen and oxygen atoms in total. The van der Waals surface area contributed by atoms with Crippen molar-refractivity contribution in [2.45, 2.75) is 24.6 Å². The Morgan fingerprint density at radius 1 is 1.41 bits per heavy atom. The summed E-state index contributed by atoms with van der Waals surface area (Å²) in [5.41, 5.74) is 0.834. The molecule has 0 spiro atoms. The van der Waals surface area contributed by atoms with Gasteiger partial charge in [-0.1, -0.05) is 12.1 Å². The summed E-state index contributed by atoms with van der Waals surface area (Å²) in [7, 11) is -2.89. The fourth-order valence-corrected chi connectivity index (χ4v) is 3.91. The first-order valence-corrected chi connectivity index (χ1v) is 7.46. The molecule has 0 bridgehead atoms. The molecule has 0 saturated carbocycles. The summed E-state index contributed by atoms with van der Waals surface area (Å²) in [6.45, 7) is 0.961. The Labute approximate surface area is 101 Å². The van der Waals surface area contributed by atoms with Crippen molar-refractivity contribution in [2.75, 3.05) is 12.3 Å². The number of benzene rings is 1. The zero-order valence-electron chi connectivity index (χ0n) is 9.52. The largest absolute Gasteiger partial charge is 0.311 e. The summed E-state index contributed by atoms with van der Waals surface area (Å²) in [5.74, 6) is 0.0389. The fraction of sp³-hybridized carbons (Fsp3) is 0.500. The minimum atomic E-state index is -2.89. The van der Waals surface area contributed by atoms with E-state index in [1.165, 1.54) is 12.1 Å². The Balaban J connectivity index is 1.84. The normalized spacial score (nSPS) is 22.8. The van der Waals surface area contributed by atoms with Gasteiger partial charge in [0.05, 0.1) is 11.0 Å². The molecule has 1 unspecified atom stereocenters. The van der Waals surface area contributed by atoms with E-state index in [0.29, 0.717) is 18.8 Å². The van der Waals surface area contributed by atoms with Crippen molar-refractivity contribution in [3.05, 3.63) is 35.6 Å². The predicted molar refractivity (Wildman–Crippen MR) is 64.9 cm³/mol. The Morgan fingerprint density at radius 3 is 2.88 bits per heavy atom. The van der Waals surface area contributed by atoms with Crippen molar-refractivity contribution in [1.82, 2.24) is 5.32 Å². The second-order valence-corrected chi connectivity index (χ2v) is 6.79. The van der Waals surface area contributed by atoms with Gasteiger partial charge in [0.1, 0.15) is 5.82 Å². The molecule has 1 atom stereocenters. The maximum atomic E-state index is 12.9. The molecule has 1 aromatic carbocycles. The lowest BCUT2D eigenvalue weighted by molar-refractivity contribution is 0.572. The van der Waals surface area contributed by atoms with Crippen LogP contribution in [0.4, 0.5) is 4.39 Å². The molecule has 1 aliphatic rings. The number of sulfone groups is 1. The monoisotopic (exact) mass is 257 g/mol. The summed E-state index contributed by atoms with van der Waals surface area (Å²) >= 11 is 0. The molecule has 17 heavy (non-hydrogen) atoms. The lowest BCUT2D eigenvalue weighted by Crippen LogP contribution is -2.30. The molecule has 1 aliphatic heterocycles. The zero-order valence-corrected chi connectivity index (χ0v) is 10.3. The Morgan fingerprint density at radius 2 is 2.24 bits per heavy atom. The van der Waals surface area contributed by atoms with Gasteiger partial charge >= 0.3 is 0 Å². The molecular weight excluding hydrogens is 241 g/mol. The van der Waals surface area contributed by atoms with E-state index in [9.17, 15) is 12.8 Å². The highest BCUT2D eigenvalue weighted by Crippen LogP contribution is 2.19. The molecule has 1 heterocycles. The quantitative estimate of drug-likeness (QED) is 0.889. The van der Waals surface area contributed by atoms with Crippen LogP contribution in [-0.2, 0) is 16.4 Å². The third kappa shape index (κ3) is 3.26. The molecule has 0 aromatic heterocycles. The average Bonchev–Trinajstić information content (AvgIpc) is 2.58. The number of hydrogen-bond donors (Lipinski definition) is 1. The van der Waals surface area contributed by atoms with E-state index in [0.717, 1.165) is 18.4 Å². The highest BCUT2D eigenvalue weighted by Gasteiger charge is 2.30. The van der Waals surface area contributed by atoms with Gasteiger partial charge in [-0.2, -0.15) is 0 Å². The number of nitrogens with one attached hydrogen (secondary N) is 1. The second kappa shape index (κ2) is 5.14. The van der Waals surface area contributed by atoms with Crippen molar-refractivity contribution in [1.29, 1.82) is 0 Å². The molecule has 2 rings (SSSR count). The van der Waals surface area contributed by atoms with Gasteiger partial charge in [-0.3, -0.25) is 0 Å². The standard InChI is InChI=1S/C12H16FNO2S/c13-11-4-1-3-10(7-11)8-14-9-12-5-2-6-17(12,15)16/h1,3-4,7,12,14H,2,5-6,8-9H2. The molecular formula is C12H16FNO2S. The van der Waals surface area contributed by atoms with Crippen LogP contribution < -0.4 is 5.32 Å². The second-order valence-electron chi connectivity index (χ2n) is 4.39. The van der Waals surface area contributed by atoms with Crippen molar-refractivity contribution < 1.29 is 12.8 Å². The third-order valence-electron chi connectivity index (χ3n) is 3.05. The lowest BCUT2D eigenvalue weighted by atomic mass is 10.2. The summed E-state index contributed by atoms with van der Waals surface area (Å²) in [6.07, 6.45) is 1.49. The Kier molecular flexibility index (Phi) is 3.79. The zero-order chi connectivity index (χ0) is 12.3. The van der Waals surface area contributed by atoms with E-state index in [2.05, 4.69) is 5.32 Å². The molecule has 5 heteroatoms. The summed E-state index contributed by atoms with van der Waals surface area (Å²) in [4.78, 5) is 0. The predicted octanol–water partition coefficient (Wildman–Crippen LogP) is 1.49. The maximum absolute atomic E-state index is 12.9. The van der Waals surface area contributed by atoms with Crippen molar-refractivity contribution in [3.63, 3.8) is 0 Å². The van der Waals surface area contributed by atoms with Crippen LogP contribution in [0.15, 0.2) is 24.3 Å². The summed E-state index contributed by atoms with van der Waals surface area (Å²) in [6, 6.07) is 6.32. The maximum Gasteiger partial charge on any atom is 0.154 e. The van der Waals surface area contributed by atoms with Crippen LogP contribution in [-0.4, -0.2) is 26.0 Å². The molecule has 1 aromatic rings. The van der Waals surface area contributed by atoms with Gasteiger partial charge in [0.25, 0.3) is 0 Å². The van der Waals surface area contributed by atoms with Gasteiger partial charge in [0.15, 0.2) is 9.84 Å². The molecule has 1 fully saturated rings. The van der Waals surface area contributed by atoms with Crippen LogP contribution >= 0.6 is 0 Å². The topological polar surface area (TPSA) is 46.2 Å². The number of rotatable bonds is 4. The van der Waals surface area contributed by atoms with E-state index >= 15 is 0 Å². The highest BCUT2D eigenvalue weighted by molar-refractivity contribution is 7.92. The van der Waals surface area contributed by atoms with E-state index in [-0.39, 0.29) is 11.1 Å². The van der Waals surface area contributed by atoms with Crippen molar-refractivity contribution in [2.24, 2.45) is 0 Å². The van der Waals surface area contributed by atoms with Crippen molar-refractivity contribution >= 4 is 9.84 Å². The van der Waals surface area contributed by atoms with Gasteiger partial charge < -0.3 is 5.32 Å². The van der Waals surface area contributed by atoms with E-state index in [1.807, 2.05) is 6.07 Å². The average molecular weight is 257 g/mol. The molecule has 94 valence electrons. The highest BCUT2D eigenvalue weighted by atomic mass is 32.2. The van der Waals surface area contributed by atoms with Crippen LogP contribution in [0, 0.1) is 5.82 Å². The SMILES string of the molecule is O=S1(=O)CCCC1CNCc1cccc(F)c1. The molecule has 1 saturated heterocycles. The van der Waals surface area contributed by atoms with Gasteiger partial charge in [-0.15, -0.1) is 0 Å². The molecule has 0 amide bonds. The molecule has 0 aliphatic carbocycles. The van der Waals surface area contributed by atoms with Crippen molar-refractivity contribution in [3.8, 4) is 0 Å². The summed E-state index contributed by atoms with van der Waals surface area (Å²) < 4.78 is 36.0. The van der Waals surface area contributed by atoms with Gasteiger partial charge in [0.2, 0.25) is 0 Å².